The molecule has 2 aliphatic rings. The number of amides is 1. The van der Waals surface area contributed by atoms with Crippen LogP contribution in [0.25, 0.3) is 22.4 Å². The van der Waals surface area contributed by atoms with Crippen molar-refractivity contribution in [3.63, 3.8) is 0 Å². The van der Waals surface area contributed by atoms with Crippen molar-refractivity contribution in [2.45, 2.75) is 6.42 Å². The van der Waals surface area contributed by atoms with Gasteiger partial charge in [0.05, 0.1) is 32.6 Å². The van der Waals surface area contributed by atoms with Crippen LogP contribution in [-0.2, 0) is 16.5 Å². The zero-order chi connectivity index (χ0) is 23.5. The number of carbonyl (C=O) groups excluding carboxylic acids is 1. The number of aryl methyl sites for hydroxylation is 1. The lowest BCUT2D eigenvalue weighted by Crippen LogP contribution is -2.38. The molecule has 3 aromatic rings. The Morgan fingerprint density at radius 1 is 1.15 bits per heavy atom. The van der Waals surface area contributed by atoms with Crippen molar-refractivity contribution in [1.29, 1.82) is 0 Å². The number of anilines is 1. The quantitative estimate of drug-likeness (QED) is 0.485. The smallest absolute Gasteiger partial charge is 0.287 e. The minimum absolute atomic E-state index is 0.117. The largest absolute Gasteiger partial charge is 0.379 e. The fraction of sp³-hybridized carbons (Fsp3) is 0.545. The normalized spacial score (nSPS) is 17.4. The third-order valence-electron chi connectivity index (χ3n) is 6.12. The molecule has 2 aliphatic heterocycles. The maximum absolute atomic E-state index is 15.8. The van der Waals surface area contributed by atoms with Crippen LogP contribution in [0.5, 0.6) is 0 Å². The third kappa shape index (κ3) is 4.74. The van der Waals surface area contributed by atoms with Crippen LogP contribution in [0.2, 0.25) is 0 Å². The lowest BCUT2D eigenvalue weighted by molar-refractivity contribution is 0.0374. The number of aromatic nitrogens is 5. The van der Waals surface area contributed by atoms with E-state index in [9.17, 15) is 4.79 Å². The van der Waals surface area contributed by atoms with Gasteiger partial charge < -0.3 is 24.7 Å². The van der Waals surface area contributed by atoms with E-state index >= 15 is 4.39 Å². The van der Waals surface area contributed by atoms with Gasteiger partial charge in [0, 0.05) is 51.5 Å². The average molecular weight is 473 g/mol. The molecule has 1 amide bonds. The second kappa shape index (κ2) is 10.0. The number of aromatic amines is 1. The van der Waals surface area contributed by atoms with Crippen molar-refractivity contribution in [2.24, 2.45) is 7.05 Å². The van der Waals surface area contributed by atoms with Crippen LogP contribution in [0.3, 0.4) is 0 Å². The van der Waals surface area contributed by atoms with Gasteiger partial charge in [-0.2, -0.15) is 5.10 Å². The van der Waals surface area contributed by atoms with Crippen molar-refractivity contribution in [3.05, 3.63) is 24.0 Å². The summed E-state index contributed by atoms with van der Waals surface area (Å²) in [5.41, 5.74) is 1.76. The monoisotopic (exact) mass is 472 g/mol. The van der Waals surface area contributed by atoms with Crippen molar-refractivity contribution < 1.29 is 18.7 Å². The van der Waals surface area contributed by atoms with E-state index in [2.05, 4.69) is 30.3 Å². The number of nitrogens with one attached hydrogen (secondary N) is 2. The Hall–Kier alpha value is -3.09. The summed E-state index contributed by atoms with van der Waals surface area (Å²) in [5, 5.41) is 7.04. The average Bonchev–Trinajstić information content (AvgIpc) is 3.48. The van der Waals surface area contributed by atoms with Gasteiger partial charge in [-0.3, -0.25) is 14.4 Å². The first-order chi connectivity index (χ1) is 16.6. The molecule has 0 bridgehead atoms. The first-order valence-corrected chi connectivity index (χ1v) is 11.6. The highest BCUT2D eigenvalue weighted by Gasteiger charge is 2.26. The number of H-pyrrole nitrogens is 1. The van der Waals surface area contributed by atoms with E-state index in [0.717, 1.165) is 39.3 Å². The topological polar surface area (TPSA) is 113 Å². The summed E-state index contributed by atoms with van der Waals surface area (Å²) < 4.78 is 28.2. The number of carbonyl (C=O) groups is 1. The van der Waals surface area contributed by atoms with Crippen molar-refractivity contribution in [1.82, 2.24) is 34.9 Å². The van der Waals surface area contributed by atoms with Crippen LogP contribution in [-0.4, -0.2) is 101 Å². The van der Waals surface area contributed by atoms with Gasteiger partial charge in [0.1, 0.15) is 16.9 Å². The maximum atomic E-state index is 15.8. The molecule has 182 valence electrons. The van der Waals surface area contributed by atoms with Crippen LogP contribution in [0.15, 0.2) is 12.4 Å². The lowest BCUT2D eigenvalue weighted by atomic mass is 10.1. The van der Waals surface area contributed by atoms with Crippen LogP contribution >= 0.6 is 0 Å². The summed E-state index contributed by atoms with van der Waals surface area (Å²) in [4.78, 5) is 28.9. The van der Waals surface area contributed by atoms with E-state index in [4.69, 9.17) is 9.47 Å². The SMILES string of the molecule is Cn1cc(-c2nc3nc(C(=O)NCCCN4CCOCC4)[nH]c3c(N3CCOCC3)c2F)cn1. The number of halogens is 1. The highest BCUT2D eigenvalue weighted by Crippen LogP contribution is 2.34. The summed E-state index contributed by atoms with van der Waals surface area (Å²) in [6.07, 6.45) is 4.09. The van der Waals surface area contributed by atoms with Gasteiger partial charge in [0.15, 0.2) is 17.3 Å². The van der Waals surface area contributed by atoms with E-state index in [1.807, 2.05) is 4.90 Å². The summed E-state index contributed by atoms with van der Waals surface area (Å²) in [7, 11) is 1.76. The summed E-state index contributed by atoms with van der Waals surface area (Å²) in [6, 6.07) is 0. The molecule has 0 aliphatic carbocycles. The maximum Gasteiger partial charge on any atom is 0.287 e. The Morgan fingerprint density at radius 2 is 1.88 bits per heavy atom. The molecule has 0 saturated carbocycles. The van der Waals surface area contributed by atoms with Gasteiger partial charge in [-0.25, -0.2) is 14.4 Å². The first kappa shape index (κ1) is 22.7. The molecule has 2 fully saturated rings. The standard InChI is InChI=1S/C22H29FN8O3/c1-29-14-15(13-25-29)17-16(23)19(31-7-11-34-12-8-31)18-20(26-17)28-21(27-18)22(32)24-3-2-4-30-5-9-33-10-6-30/h13-14H,2-12H2,1H3,(H,24,32)(H,26,27,28). The van der Waals surface area contributed by atoms with Gasteiger partial charge in [0.2, 0.25) is 0 Å². The number of hydrogen-bond donors (Lipinski definition) is 2. The minimum Gasteiger partial charge on any atom is -0.379 e. The van der Waals surface area contributed by atoms with E-state index in [-0.39, 0.29) is 17.4 Å². The number of fused-ring (bicyclic) bond motifs is 1. The Labute approximate surface area is 196 Å². The minimum atomic E-state index is -0.469. The predicted molar refractivity (Wildman–Crippen MR) is 123 cm³/mol. The van der Waals surface area contributed by atoms with Gasteiger partial charge >= 0.3 is 0 Å². The Kier molecular flexibility index (Phi) is 6.70. The molecular weight excluding hydrogens is 443 g/mol. The molecule has 0 spiro atoms. The predicted octanol–water partition coefficient (Wildman–Crippen LogP) is 0.786. The first-order valence-electron chi connectivity index (χ1n) is 11.6. The number of hydrogen-bond acceptors (Lipinski definition) is 8. The van der Waals surface area contributed by atoms with E-state index < -0.39 is 5.82 Å². The van der Waals surface area contributed by atoms with Crippen LogP contribution in [0.1, 0.15) is 17.0 Å². The number of morpholine rings is 2. The number of ether oxygens (including phenoxy) is 2. The van der Waals surface area contributed by atoms with E-state index in [1.165, 1.54) is 0 Å². The zero-order valence-electron chi connectivity index (χ0n) is 19.2. The third-order valence-corrected chi connectivity index (χ3v) is 6.12. The molecule has 0 radical (unpaired) electrons. The summed E-state index contributed by atoms with van der Waals surface area (Å²) >= 11 is 0. The second-order valence-electron chi connectivity index (χ2n) is 8.47. The fourth-order valence-electron chi connectivity index (χ4n) is 4.33. The molecule has 11 nitrogen and oxygen atoms in total. The second-order valence-corrected chi connectivity index (χ2v) is 8.47. The molecule has 12 heteroatoms. The molecule has 5 heterocycles. The molecule has 2 N–H and O–H groups in total. The Bertz CT molecular complexity index is 1150. The van der Waals surface area contributed by atoms with E-state index in [1.54, 1.807) is 24.1 Å². The van der Waals surface area contributed by atoms with Crippen LogP contribution < -0.4 is 10.2 Å². The van der Waals surface area contributed by atoms with E-state index in [0.29, 0.717) is 55.3 Å². The van der Waals surface area contributed by atoms with Gasteiger partial charge in [-0.05, 0) is 13.0 Å². The zero-order valence-corrected chi connectivity index (χ0v) is 19.2. The van der Waals surface area contributed by atoms with Gasteiger partial charge in [-0.1, -0.05) is 0 Å². The molecule has 0 aromatic carbocycles. The molecule has 34 heavy (non-hydrogen) atoms. The van der Waals surface area contributed by atoms with Gasteiger partial charge in [-0.15, -0.1) is 0 Å². The molecule has 0 unspecified atom stereocenters. The molecule has 2 saturated heterocycles. The number of imidazole rings is 1. The molecule has 0 atom stereocenters. The van der Waals surface area contributed by atoms with Crippen molar-refractivity contribution >= 4 is 22.8 Å². The number of rotatable bonds is 7. The number of pyridine rings is 1. The Balaban J connectivity index is 1.38. The van der Waals surface area contributed by atoms with Crippen molar-refractivity contribution in [2.75, 3.05) is 70.6 Å². The highest BCUT2D eigenvalue weighted by atomic mass is 19.1. The lowest BCUT2D eigenvalue weighted by Gasteiger charge is -2.29. The van der Waals surface area contributed by atoms with Gasteiger partial charge in [0.25, 0.3) is 5.91 Å². The fourth-order valence-corrected chi connectivity index (χ4v) is 4.33. The highest BCUT2D eigenvalue weighted by molar-refractivity contribution is 5.97. The van der Waals surface area contributed by atoms with Crippen LogP contribution in [0, 0.1) is 5.82 Å². The number of nitrogens with zero attached hydrogens (tertiary/aromatic N) is 6. The summed E-state index contributed by atoms with van der Waals surface area (Å²) in [5.74, 6) is -0.689. The molecule has 5 rings (SSSR count). The molecule has 3 aromatic heterocycles. The Morgan fingerprint density at radius 3 is 2.59 bits per heavy atom. The van der Waals surface area contributed by atoms with Crippen molar-refractivity contribution in [3.8, 4) is 11.3 Å². The summed E-state index contributed by atoms with van der Waals surface area (Å²) in [6.45, 7) is 6.80. The molecular formula is C22H29FN8O3. The van der Waals surface area contributed by atoms with Crippen LogP contribution in [0.4, 0.5) is 10.1 Å².